The molecule has 160 valence electrons. The number of hydrogen-bond acceptors (Lipinski definition) is 11. The third-order valence-electron chi connectivity index (χ3n) is 4.04. The average molecular weight is 413 g/mol. The Bertz CT molecular complexity index is 743. The van der Waals surface area contributed by atoms with Crippen molar-refractivity contribution in [1.82, 2.24) is 0 Å². The Morgan fingerprint density at radius 3 is 2.28 bits per heavy atom. The zero-order valence-corrected chi connectivity index (χ0v) is 16.7. The van der Waals surface area contributed by atoms with Crippen LogP contribution in [-0.4, -0.2) is 73.9 Å². The first-order valence-electron chi connectivity index (χ1n) is 8.78. The van der Waals surface area contributed by atoms with Gasteiger partial charge in [-0.05, 0) is 0 Å². The SMILES string of the molecule is COC(=O)C1=C[C@@H]2OC(C)=N[C@@H]2[C@@H]([C@@H](OC(C)=O)[C@H](COC(C)=O)OC(C)=O)O1. The summed E-state index contributed by atoms with van der Waals surface area (Å²) in [6, 6.07) is -0.705. The summed E-state index contributed by atoms with van der Waals surface area (Å²) >= 11 is 0. The standard InChI is InChI=1S/C18H23NO10/c1-8-19-15-12(26-8)6-13(18(23)24-5)29-17(15)16(28-11(4)22)14(27-10(3)21)7-25-9(2)20/h6,12,14-17H,7H2,1-5H3/t12-,14-,15-,16-,17-/m0/s1. The van der Waals surface area contributed by atoms with Crippen molar-refractivity contribution in [3.8, 4) is 0 Å². The maximum absolute atomic E-state index is 12.0. The zero-order valence-electron chi connectivity index (χ0n) is 16.7. The molecule has 0 spiro atoms. The van der Waals surface area contributed by atoms with Crippen molar-refractivity contribution in [1.29, 1.82) is 0 Å². The molecule has 2 aliphatic rings. The van der Waals surface area contributed by atoms with Crippen LogP contribution in [0.4, 0.5) is 0 Å². The van der Waals surface area contributed by atoms with Gasteiger partial charge in [-0.1, -0.05) is 0 Å². The molecule has 0 radical (unpaired) electrons. The lowest BCUT2D eigenvalue weighted by molar-refractivity contribution is -0.187. The predicted molar refractivity (Wildman–Crippen MR) is 94.5 cm³/mol. The number of aliphatic imine (C=N–C) groups is 1. The lowest BCUT2D eigenvalue weighted by atomic mass is 9.94. The molecule has 2 rings (SSSR count). The Balaban J connectivity index is 2.42. The van der Waals surface area contributed by atoms with Crippen LogP contribution in [0.2, 0.25) is 0 Å². The van der Waals surface area contributed by atoms with Gasteiger partial charge in [-0.25, -0.2) is 9.79 Å². The van der Waals surface area contributed by atoms with Crippen molar-refractivity contribution in [2.45, 2.75) is 58.2 Å². The molecule has 0 aromatic heterocycles. The maximum Gasteiger partial charge on any atom is 0.373 e. The minimum Gasteiger partial charge on any atom is -0.477 e. The molecule has 0 saturated heterocycles. The van der Waals surface area contributed by atoms with E-state index in [1.165, 1.54) is 20.1 Å². The highest BCUT2D eigenvalue weighted by Gasteiger charge is 2.50. The molecule has 0 bridgehead atoms. The second kappa shape index (κ2) is 9.39. The Morgan fingerprint density at radius 2 is 1.72 bits per heavy atom. The second-order valence-corrected chi connectivity index (χ2v) is 6.35. The van der Waals surface area contributed by atoms with E-state index >= 15 is 0 Å². The fourth-order valence-electron chi connectivity index (χ4n) is 3.01. The van der Waals surface area contributed by atoms with Crippen molar-refractivity contribution in [2.24, 2.45) is 4.99 Å². The van der Waals surface area contributed by atoms with Crippen LogP contribution >= 0.6 is 0 Å². The molecule has 0 amide bonds. The number of esters is 4. The highest BCUT2D eigenvalue weighted by atomic mass is 16.6. The van der Waals surface area contributed by atoms with Crippen LogP contribution in [0.1, 0.15) is 27.7 Å². The van der Waals surface area contributed by atoms with Crippen molar-refractivity contribution >= 4 is 29.8 Å². The first-order chi connectivity index (χ1) is 13.6. The van der Waals surface area contributed by atoms with Crippen molar-refractivity contribution in [3.05, 3.63) is 11.8 Å². The first-order valence-corrected chi connectivity index (χ1v) is 8.78. The van der Waals surface area contributed by atoms with Gasteiger partial charge in [0.05, 0.1) is 7.11 Å². The molecule has 0 aliphatic carbocycles. The first kappa shape index (κ1) is 22.2. The van der Waals surface area contributed by atoms with Crippen molar-refractivity contribution in [3.63, 3.8) is 0 Å². The molecular weight excluding hydrogens is 390 g/mol. The van der Waals surface area contributed by atoms with Crippen LogP contribution in [0.3, 0.4) is 0 Å². The van der Waals surface area contributed by atoms with E-state index < -0.39 is 60.9 Å². The summed E-state index contributed by atoms with van der Waals surface area (Å²) < 4.78 is 31.5. The van der Waals surface area contributed by atoms with Crippen LogP contribution in [0.25, 0.3) is 0 Å². The van der Waals surface area contributed by atoms with Crippen molar-refractivity contribution in [2.75, 3.05) is 13.7 Å². The number of methoxy groups -OCH3 is 1. The highest BCUT2D eigenvalue weighted by molar-refractivity contribution is 5.87. The van der Waals surface area contributed by atoms with Crippen LogP contribution in [0, 0.1) is 0 Å². The molecule has 0 saturated carbocycles. The Labute approximate surface area is 166 Å². The maximum atomic E-state index is 12.0. The molecule has 0 aromatic rings. The molecule has 0 N–H and O–H groups in total. The van der Waals surface area contributed by atoms with E-state index in [2.05, 4.69) is 4.99 Å². The molecule has 5 atom stereocenters. The number of hydrogen-bond donors (Lipinski definition) is 0. The van der Waals surface area contributed by atoms with Gasteiger partial charge in [-0.2, -0.15) is 0 Å². The molecule has 2 heterocycles. The van der Waals surface area contributed by atoms with Gasteiger partial charge in [0.25, 0.3) is 0 Å². The Kier molecular flexibility index (Phi) is 7.18. The lowest BCUT2D eigenvalue weighted by Crippen LogP contribution is -2.54. The zero-order chi connectivity index (χ0) is 21.7. The average Bonchev–Trinajstić information content (AvgIpc) is 3.01. The number of ether oxygens (including phenoxy) is 6. The van der Waals surface area contributed by atoms with Gasteiger partial charge in [-0.15, -0.1) is 0 Å². The fourth-order valence-corrected chi connectivity index (χ4v) is 3.01. The highest BCUT2D eigenvalue weighted by Crippen LogP contribution is 2.32. The third-order valence-corrected chi connectivity index (χ3v) is 4.04. The molecule has 2 aliphatic heterocycles. The van der Waals surface area contributed by atoms with E-state index in [-0.39, 0.29) is 5.76 Å². The molecule has 11 heteroatoms. The smallest absolute Gasteiger partial charge is 0.373 e. The Hall–Kier alpha value is -3.11. The van der Waals surface area contributed by atoms with Gasteiger partial charge >= 0.3 is 23.9 Å². The van der Waals surface area contributed by atoms with Gasteiger partial charge in [0.15, 0.2) is 24.2 Å². The second-order valence-electron chi connectivity index (χ2n) is 6.35. The monoisotopic (exact) mass is 413 g/mol. The van der Waals surface area contributed by atoms with E-state index in [9.17, 15) is 19.2 Å². The van der Waals surface area contributed by atoms with Crippen molar-refractivity contribution < 1.29 is 47.6 Å². The van der Waals surface area contributed by atoms with Gasteiger partial charge in [0.2, 0.25) is 5.76 Å². The minimum absolute atomic E-state index is 0.171. The third kappa shape index (κ3) is 5.69. The lowest BCUT2D eigenvalue weighted by Gasteiger charge is -2.37. The predicted octanol–water partition coefficient (Wildman–Crippen LogP) is 0.0544. The molecule has 0 aromatic carbocycles. The van der Waals surface area contributed by atoms with Crippen LogP contribution < -0.4 is 0 Å². The van der Waals surface area contributed by atoms with E-state index in [1.54, 1.807) is 6.92 Å². The fraction of sp³-hybridized carbons (Fsp3) is 0.611. The van der Waals surface area contributed by atoms with Gasteiger partial charge in [-0.3, -0.25) is 14.4 Å². The van der Waals surface area contributed by atoms with E-state index in [1.807, 2.05) is 0 Å². The number of nitrogens with zero attached hydrogens (tertiary/aromatic N) is 1. The van der Waals surface area contributed by atoms with Gasteiger partial charge in [0, 0.05) is 33.8 Å². The van der Waals surface area contributed by atoms with Crippen LogP contribution in [0.5, 0.6) is 0 Å². The summed E-state index contributed by atoms with van der Waals surface area (Å²) in [4.78, 5) is 50.9. The number of rotatable bonds is 7. The molecule has 0 unspecified atom stereocenters. The normalized spacial score (nSPS) is 24.4. The van der Waals surface area contributed by atoms with Gasteiger partial charge in [0.1, 0.15) is 18.8 Å². The number of carbonyl (C=O) groups is 4. The quantitative estimate of drug-likeness (QED) is 0.416. The number of fused-ring (bicyclic) bond motifs is 1. The van der Waals surface area contributed by atoms with E-state index in [0.29, 0.717) is 5.90 Å². The number of carbonyl (C=O) groups excluding carboxylic acids is 4. The minimum atomic E-state index is -1.25. The van der Waals surface area contributed by atoms with E-state index in [0.717, 1.165) is 13.8 Å². The summed E-state index contributed by atoms with van der Waals surface area (Å²) in [5.74, 6) is -2.63. The van der Waals surface area contributed by atoms with Crippen LogP contribution in [0.15, 0.2) is 16.8 Å². The largest absolute Gasteiger partial charge is 0.477 e. The van der Waals surface area contributed by atoms with Crippen LogP contribution in [-0.2, 0) is 47.6 Å². The summed E-state index contributed by atoms with van der Waals surface area (Å²) in [6.07, 6.45) is -2.83. The van der Waals surface area contributed by atoms with E-state index in [4.69, 9.17) is 28.4 Å². The molecule has 11 nitrogen and oxygen atoms in total. The molecular formula is C18H23NO10. The summed E-state index contributed by atoms with van der Waals surface area (Å²) in [5, 5.41) is 0. The topological polar surface area (TPSA) is 136 Å². The molecule has 0 fully saturated rings. The summed E-state index contributed by atoms with van der Waals surface area (Å²) in [6.45, 7) is 4.70. The van der Waals surface area contributed by atoms with Gasteiger partial charge < -0.3 is 28.4 Å². The molecule has 29 heavy (non-hydrogen) atoms. The summed E-state index contributed by atoms with van der Waals surface area (Å²) in [5.41, 5.74) is 0. The Morgan fingerprint density at radius 1 is 1.07 bits per heavy atom. The summed E-state index contributed by atoms with van der Waals surface area (Å²) in [7, 11) is 1.18.